The Labute approximate surface area is 267 Å². The molecular formula is C33H31N3O7S2. The predicted octanol–water partition coefficient (Wildman–Crippen LogP) is 5.41. The molecule has 0 N–H and O–H groups in total. The molecule has 0 unspecified atom stereocenters. The lowest BCUT2D eigenvalue weighted by molar-refractivity contribution is -0.384. The molecule has 232 valence electrons. The third-order valence-electron chi connectivity index (χ3n) is 7.06. The van der Waals surface area contributed by atoms with Crippen LogP contribution in [0.3, 0.4) is 0 Å². The molecule has 0 amide bonds. The van der Waals surface area contributed by atoms with Crippen LogP contribution in [0.1, 0.15) is 43.5 Å². The van der Waals surface area contributed by atoms with E-state index in [0.717, 1.165) is 16.0 Å². The highest BCUT2D eigenvalue weighted by molar-refractivity contribution is 7.98. The topological polar surface area (TPSA) is 122 Å². The summed E-state index contributed by atoms with van der Waals surface area (Å²) in [5.74, 6) is 0.489. The van der Waals surface area contributed by atoms with Gasteiger partial charge in [-0.3, -0.25) is 19.5 Å². The Morgan fingerprint density at radius 1 is 1.04 bits per heavy atom. The van der Waals surface area contributed by atoms with Crippen molar-refractivity contribution < 1.29 is 23.9 Å². The number of carbonyl (C=O) groups is 1. The van der Waals surface area contributed by atoms with Crippen LogP contribution in [-0.2, 0) is 16.1 Å². The second-order valence-electron chi connectivity index (χ2n) is 9.93. The van der Waals surface area contributed by atoms with E-state index in [1.54, 1.807) is 60.5 Å². The minimum absolute atomic E-state index is 0.00971. The van der Waals surface area contributed by atoms with Gasteiger partial charge in [0.15, 0.2) is 16.3 Å². The quantitative estimate of drug-likeness (QED) is 0.0919. The number of ether oxygens (including phenoxy) is 3. The van der Waals surface area contributed by atoms with Gasteiger partial charge >= 0.3 is 5.97 Å². The Bertz CT molecular complexity index is 1950. The number of thioether (sulfide) groups is 1. The van der Waals surface area contributed by atoms with Crippen LogP contribution in [0.25, 0.3) is 6.08 Å². The molecule has 12 heteroatoms. The van der Waals surface area contributed by atoms with Gasteiger partial charge in [0.25, 0.3) is 11.2 Å². The maximum Gasteiger partial charge on any atom is 0.338 e. The molecule has 1 aromatic heterocycles. The van der Waals surface area contributed by atoms with Crippen LogP contribution in [-0.4, -0.2) is 34.9 Å². The van der Waals surface area contributed by atoms with Crippen LogP contribution in [0.4, 0.5) is 5.69 Å². The van der Waals surface area contributed by atoms with Gasteiger partial charge in [-0.05, 0) is 86.2 Å². The third-order valence-corrected chi connectivity index (χ3v) is 8.78. The zero-order valence-electron chi connectivity index (χ0n) is 25.1. The summed E-state index contributed by atoms with van der Waals surface area (Å²) < 4.78 is 19.2. The van der Waals surface area contributed by atoms with Crippen LogP contribution < -0.4 is 24.4 Å². The number of nitro groups is 1. The lowest BCUT2D eigenvalue weighted by atomic mass is 9.96. The Kier molecular flexibility index (Phi) is 9.84. The molecule has 0 fully saturated rings. The molecule has 10 nitrogen and oxygen atoms in total. The van der Waals surface area contributed by atoms with E-state index in [2.05, 4.69) is 4.99 Å². The van der Waals surface area contributed by atoms with E-state index >= 15 is 0 Å². The largest absolute Gasteiger partial charge is 0.490 e. The van der Waals surface area contributed by atoms with Crippen molar-refractivity contribution in [2.75, 3.05) is 19.5 Å². The molecule has 1 aliphatic rings. The zero-order valence-corrected chi connectivity index (χ0v) is 26.8. The third kappa shape index (κ3) is 6.86. The van der Waals surface area contributed by atoms with Crippen LogP contribution >= 0.6 is 23.1 Å². The summed E-state index contributed by atoms with van der Waals surface area (Å²) in [6.45, 7) is 6.15. The second-order valence-corrected chi connectivity index (χ2v) is 11.8. The molecule has 0 saturated carbocycles. The number of rotatable bonds is 11. The first-order valence-corrected chi connectivity index (χ1v) is 16.2. The highest BCUT2D eigenvalue weighted by Gasteiger charge is 2.33. The molecule has 2 heterocycles. The maximum absolute atomic E-state index is 14.0. The Morgan fingerprint density at radius 3 is 2.42 bits per heavy atom. The van der Waals surface area contributed by atoms with Gasteiger partial charge in [-0.2, -0.15) is 0 Å². The lowest BCUT2D eigenvalue weighted by Crippen LogP contribution is -2.39. The van der Waals surface area contributed by atoms with Crippen LogP contribution in [0, 0.1) is 10.1 Å². The summed E-state index contributed by atoms with van der Waals surface area (Å²) in [5.41, 5.74) is 2.84. The van der Waals surface area contributed by atoms with Crippen molar-refractivity contribution in [3.8, 4) is 11.5 Å². The summed E-state index contributed by atoms with van der Waals surface area (Å²) in [5, 5.41) is 10.9. The molecule has 0 aliphatic carbocycles. The first-order chi connectivity index (χ1) is 21.7. The molecule has 0 bridgehead atoms. The van der Waals surface area contributed by atoms with Crippen LogP contribution in [0.15, 0.2) is 92.7 Å². The van der Waals surface area contributed by atoms with Gasteiger partial charge in [0, 0.05) is 17.0 Å². The minimum Gasteiger partial charge on any atom is -0.490 e. The molecule has 0 saturated heterocycles. The fraction of sp³-hybridized carbons (Fsp3) is 0.242. The Hall–Kier alpha value is -4.68. The molecule has 3 aromatic carbocycles. The number of nitrogens with zero attached hydrogens (tertiary/aromatic N) is 3. The zero-order chi connectivity index (χ0) is 32.1. The first-order valence-electron chi connectivity index (χ1n) is 14.2. The summed E-state index contributed by atoms with van der Waals surface area (Å²) in [7, 11) is 0. The predicted molar refractivity (Wildman–Crippen MR) is 174 cm³/mol. The van der Waals surface area contributed by atoms with Gasteiger partial charge in [-0.1, -0.05) is 29.5 Å². The van der Waals surface area contributed by atoms with E-state index in [9.17, 15) is 19.7 Å². The van der Waals surface area contributed by atoms with Crippen molar-refractivity contribution in [3.05, 3.63) is 124 Å². The highest BCUT2D eigenvalue weighted by Crippen LogP contribution is 2.32. The molecule has 4 aromatic rings. The number of hydrogen-bond donors (Lipinski definition) is 0. The number of nitro benzene ring substituents is 1. The van der Waals surface area contributed by atoms with E-state index in [4.69, 9.17) is 14.2 Å². The number of carbonyl (C=O) groups excluding carboxylic acids is 1. The molecule has 1 atom stereocenters. The van der Waals surface area contributed by atoms with Crippen LogP contribution in [0.2, 0.25) is 0 Å². The molecule has 1 aliphatic heterocycles. The maximum atomic E-state index is 14.0. The lowest BCUT2D eigenvalue weighted by Gasteiger charge is -2.24. The first kappa shape index (κ1) is 31.7. The minimum atomic E-state index is -0.687. The SMILES string of the molecule is CCOC(=O)C1=C(C)N=c2s/c(=C\c3ccc(OCc4ccc([N+](=O)[O-])cc4)c(OCC)c3)c(=O)n2[C@@H]1c1ccc(SC)cc1. The smallest absolute Gasteiger partial charge is 0.338 e. The summed E-state index contributed by atoms with van der Waals surface area (Å²) in [4.78, 5) is 43.8. The van der Waals surface area contributed by atoms with Gasteiger partial charge in [-0.15, -0.1) is 11.8 Å². The fourth-order valence-electron chi connectivity index (χ4n) is 4.92. The average molecular weight is 646 g/mol. The van der Waals surface area contributed by atoms with Gasteiger partial charge in [-0.25, -0.2) is 9.79 Å². The van der Waals surface area contributed by atoms with Gasteiger partial charge in [0.2, 0.25) is 0 Å². The van der Waals surface area contributed by atoms with Crippen LogP contribution in [0.5, 0.6) is 11.5 Å². The van der Waals surface area contributed by atoms with Gasteiger partial charge in [0.1, 0.15) is 6.61 Å². The summed E-state index contributed by atoms with van der Waals surface area (Å²) in [6, 6.07) is 18.6. The Balaban J connectivity index is 1.51. The van der Waals surface area contributed by atoms with Gasteiger partial charge < -0.3 is 14.2 Å². The number of hydrogen-bond acceptors (Lipinski definition) is 10. The fourth-order valence-corrected chi connectivity index (χ4v) is 6.38. The van der Waals surface area contributed by atoms with Gasteiger partial charge in [0.05, 0.1) is 40.0 Å². The number of allylic oxidation sites excluding steroid dienone is 1. The average Bonchev–Trinajstić information content (AvgIpc) is 3.34. The Morgan fingerprint density at radius 2 is 1.78 bits per heavy atom. The monoisotopic (exact) mass is 645 g/mol. The molecule has 0 radical (unpaired) electrons. The highest BCUT2D eigenvalue weighted by atomic mass is 32.2. The molecule has 45 heavy (non-hydrogen) atoms. The molecular weight excluding hydrogens is 615 g/mol. The number of aromatic nitrogens is 1. The van der Waals surface area contributed by atoms with Crippen molar-refractivity contribution >= 4 is 40.8 Å². The van der Waals surface area contributed by atoms with Crippen molar-refractivity contribution in [2.24, 2.45) is 4.99 Å². The van der Waals surface area contributed by atoms with E-state index in [1.165, 1.54) is 23.5 Å². The standard InChI is InChI=1S/C33H31N3O7S2/c1-5-41-27-17-22(9-16-26(27)43-19-21-7-12-24(13-8-21)36(39)40)18-28-31(37)35-30(23-10-14-25(44-4)15-11-23)29(32(38)42-6-2)20(3)34-33(35)45-28/h7-18,30H,5-6,19H2,1-4H3/b28-18-/t30-/m1/s1. The van der Waals surface area contributed by atoms with E-state index < -0.39 is 16.9 Å². The second kappa shape index (κ2) is 14.0. The summed E-state index contributed by atoms with van der Waals surface area (Å²) in [6.07, 6.45) is 3.75. The van der Waals surface area contributed by atoms with E-state index in [-0.39, 0.29) is 24.5 Å². The number of benzene rings is 3. The number of esters is 1. The number of thiazole rings is 1. The molecule has 5 rings (SSSR count). The van der Waals surface area contributed by atoms with Crippen molar-refractivity contribution in [2.45, 2.75) is 38.3 Å². The normalized spacial score (nSPS) is 14.5. The number of fused-ring (bicyclic) bond motifs is 1. The van der Waals surface area contributed by atoms with Crippen molar-refractivity contribution in [1.82, 2.24) is 4.57 Å². The molecule has 0 spiro atoms. The summed E-state index contributed by atoms with van der Waals surface area (Å²) >= 11 is 2.85. The number of non-ortho nitro benzene ring substituents is 1. The van der Waals surface area contributed by atoms with Crippen molar-refractivity contribution in [3.63, 3.8) is 0 Å². The van der Waals surface area contributed by atoms with E-state index in [0.29, 0.717) is 44.3 Å². The van der Waals surface area contributed by atoms with Crippen molar-refractivity contribution in [1.29, 1.82) is 0 Å². The van der Waals surface area contributed by atoms with E-state index in [1.807, 2.05) is 43.5 Å².